The molecule has 0 bridgehead atoms. The third kappa shape index (κ3) is 8.80. The van der Waals surface area contributed by atoms with Crippen molar-refractivity contribution < 1.29 is 31.4 Å². The lowest BCUT2D eigenvalue weighted by Gasteiger charge is -2.12. The van der Waals surface area contributed by atoms with Crippen molar-refractivity contribution in [2.75, 3.05) is 0 Å². The number of aryl methyl sites for hydroxylation is 2. The Labute approximate surface area is 182 Å². The van der Waals surface area contributed by atoms with Crippen molar-refractivity contribution in [1.29, 1.82) is 0 Å². The van der Waals surface area contributed by atoms with Gasteiger partial charge in [0, 0.05) is 11.0 Å². The number of halogens is 6. The molecule has 0 radical (unpaired) electrons. The SMILES string of the molecule is Cc1ccc(C(F)(F)F)cc1C[C@@H](C)O.Cc1ccc(C(F)(F)F)cc1C[C@H](C)N=[N+]=[N-]. The first kappa shape index (κ1) is 27.3. The maximum Gasteiger partial charge on any atom is 0.416 e. The van der Waals surface area contributed by atoms with Gasteiger partial charge >= 0.3 is 12.4 Å². The first-order chi connectivity index (χ1) is 14.6. The van der Waals surface area contributed by atoms with Crippen molar-refractivity contribution in [2.45, 2.75) is 65.0 Å². The zero-order chi connectivity index (χ0) is 24.7. The minimum Gasteiger partial charge on any atom is -0.393 e. The fourth-order valence-corrected chi connectivity index (χ4v) is 2.90. The molecule has 2 atom stereocenters. The molecule has 1 N–H and O–H groups in total. The molecule has 0 unspecified atom stereocenters. The molecule has 0 aliphatic heterocycles. The Kier molecular flexibility index (Phi) is 9.60. The van der Waals surface area contributed by atoms with E-state index in [-0.39, 0.29) is 12.5 Å². The lowest BCUT2D eigenvalue weighted by atomic mass is 9.99. The molecule has 0 heterocycles. The molecule has 4 nitrogen and oxygen atoms in total. The van der Waals surface area contributed by atoms with Gasteiger partial charge < -0.3 is 5.11 Å². The summed E-state index contributed by atoms with van der Waals surface area (Å²) in [4.78, 5) is 2.64. The number of benzene rings is 2. The molecule has 2 aromatic rings. The van der Waals surface area contributed by atoms with E-state index in [9.17, 15) is 26.3 Å². The van der Waals surface area contributed by atoms with Crippen LogP contribution in [-0.4, -0.2) is 17.3 Å². The molecule has 0 amide bonds. The Hall–Kier alpha value is -2.71. The average Bonchev–Trinajstić information content (AvgIpc) is 2.64. The van der Waals surface area contributed by atoms with E-state index >= 15 is 0 Å². The van der Waals surface area contributed by atoms with Crippen LogP contribution >= 0.6 is 0 Å². The Morgan fingerprint density at radius 1 is 0.844 bits per heavy atom. The van der Waals surface area contributed by atoms with Crippen LogP contribution in [0.25, 0.3) is 10.4 Å². The van der Waals surface area contributed by atoms with Gasteiger partial charge in [0.05, 0.1) is 17.2 Å². The van der Waals surface area contributed by atoms with Crippen LogP contribution < -0.4 is 0 Å². The van der Waals surface area contributed by atoms with Crippen LogP contribution in [-0.2, 0) is 25.2 Å². The molecule has 0 aliphatic rings. The van der Waals surface area contributed by atoms with Gasteiger partial charge in [-0.05, 0) is 85.7 Å². The van der Waals surface area contributed by atoms with E-state index < -0.39 is 29.6 Å². The molecule has 0 saturated carbocycles. The highest BCUT2D eigenvalue weighted by molar-refractivity contribution is 5.34. The highest BCUT2D eigenvalue weighted by Gasteiger charge is 2.31. The molecule has 32 heavy (non-hydrogen) atoms. The molecular formula is C22H25F6N3O. The molecule has 2 rings (SSSR count). The normalized spacial score (nSPS) is 13.5. The van der Waals surface area contributed by atoms with Crippen LogP contribution in [0.4, 0.5) is 26.3 Å². The minimum absolute atomic E-state index is 0.246. The maximum atomic E-state index is 12.5. The molecule has 10 heteroatoms. The van der Waals surface area contributed by atoms with Gasteiger partial charge in [-0.15, -0.1) is 0 Å². The molecular weight excluding hydrogens is 436 g/mol. The number of aliphatic hydroxyl groups is 1. The number of alkyl halides is 6. The number of hydrogen-bond donors (Lipinski definition) is 1. The highest BCUT2D eigenvalue weighted by Crippen LogP contribution is 2.31. The second kappa shape index (κ2) is 11.2. The van der Waals surface area contributed by atoms with Crippen molar-refractivity contribution in [1.82, 2.24) is 0 Å². The summed E-state index contributed by atoms with van der Waals surface area (Å²) < 4.78 is 74.6. The molecule has 2 aromatic carbocycles. The summed E-state index contributed by atoms with van der Waals surface area (Å²) in [6.07, 6.45) is -8.74. The van der Waals surface area contributed by atoms with Crippen LogP contribution in [0, 0.1) is 13.8 Å². The summed E-state index contributed by atoms with van der Waals surface area (Å²) in [5, 5.41) is 12.6. The Morgan fingerprint density at radius 3 is 1.59 bits per heavy atom. The number of rotatable bonds is 5. The molecule has 0 spiro atoms. The van der Waals surface area contributed by atoms with Gasteiger partial charge in [0.1, 0.15) is 0 Å². The summed E-state index contributed by atoms with van der Waals surface area (Å²) in [7, 11) is 0. The molecule has 0 aromatic heterocycles. The topological polar surface area (TPSA) is 69.0 Å². The largest absolute Gasteiger partial charge is 0.416 e. The van der Waals surface area contributed by atoms with Gasteiger partial charge in [-0.25, -0.2) is 0 Å². The van der Waals surface area contributed by atoms with Crippen LogP contribution in [0.5, 0.6) is 0 Å². The Balaban J connectivity index is 0.000000323. The van der Waals surface area contributed by atoms with E-state index in [1.54, 1.807) is 27.7 Å². The van der Waals surface area contributed by atoms with Crippen molar-refractivity contribution in [3.63, 3.8) is 0 Å². The first-order valence-corrected chi connectivity index (χ1v) is 9.70. The first-order valence-electron chi connectivity index (χ1n) is 9.70. The van der Waals surface area contributed by atoms with E-state index in [1.165, 1.54) is 12.1 Å². The van der Waals surface area contributed by atoms with E-state index in [0.717, 1.165) is 35.4 Å². The number of nitrogens with zero attached hydrogens (tertiary/aromatic N) is 3. The highest BCUT2D eigenvalue weighted by atomic mass is 19.4. The maximum absolute atomic E-state index is 12.5. The minimum atomic E-state index is -4.34. The summed E-state index contributed by atoms with van der Waals surface area (Å²) in [5.74, 6) is 0. The molecule has 0 saturated heterocycles. The number of azide groups is 1. The van der Waals surface area contributed by atoms with Gasteiger partial charge in [-0.2, -0.15) is 26.3 Å². The van der Waals surface area contributed by atoms with Crippen molar-refractivity contribution in [2.24, 2.45) is 5.11 Å². The van der Waals surface area contributed by atoms with E-state index in [1.807, 2.05) is 0 Å². The fraction of sp³-hybridized carbons (Fsp3) is 0.455. The van der Waals surface area contributed by atoms with Crippen molar-refractivity contribution in [3.8, 4) is 0 Å². The number of aliphatic hydroxyl groups excluding tert-OH is 1. The van der Waals surface area contributed by atoms with E-state index in [2.05, 4.69) is 10.0 Å². The Bertz CT molecular complexity index is 948. The average molecular weight is 461 g/mol. The fourth-order valence-electron chi connectivity index (χ4n) is 2.90. The molecule has 0 fully saturated rings. The molecule has 0 aliphatic carbocycles. The summed E-state index contributed by atoms with van der Waals surface area (Å²) >= 11 is 0. The second-order valence-corrected chi connectivity index (χ2v) is 7.59. The van der Waals surface area contributed by atoms with Gasteiger partial charge in [0.25, 0.3) is 0 Å². The van der Waals surface area contributed by atoms with E-state index in [4.69, 9.17) is 10.6 Å². The zero-order valence-electron chi connectivity index (χ0n) is 18.1. The number of hydrogen-bond acceptors (Lipinski definition) is 2. The quantitative estimate of drug-likeness (QED) is 0.218. The summed E-state index contributed by atoms with van der Waals surface area (Å²) in [6, 6.07) is 6.82. The van der Waals surface area contributed by atoms with Gasteiger partial charge in [-0.1, -0.05) is 24.2 Å². The van der Waals surface area contributed by atoms with Crippen LogP contribution in [0.2, 0.25) is 0 Å². The van der Waals surface area contributed by atoms with Gasteiger partial charge in [0.15, 0.2) is 0 Å². The zero-order valence-corrected chi connectivity index (χ0v) is 18.1. The van der Waals surface area contributed by atoms with E-state index in [0.29, 0.717) is 17.5 Å². The predicted octanol–water partition coefficient (Wildman–Crippen LogP) is 7.19. The van der Waals surface area contributed by atoms with Gasteiger partial charge in [-0.3, -0.25) is 0 Å². The predicted molar refractivity (Wildman–Crippen MR) is 110 cm³/mol. The van der Waals surface area contributed by atoms with Crippen molar-refractivity contribution in [3.05, 3.63) is 80.2 Å². The smallest absolute Gasteiger partial charge is 0.393 e. The standard InChI is InChI=1S/C11H12F3N3.C11H13F3O/c1-7-3-4-10(11(12,13)14)6-9(7)5-8(2)16-17-15;1-7-3-4-10(11(12,13)14)6-9(7)5-8(2)15/h3-4,6,8H,5H2,1-2H3;3-4,6,8,15H,5H2,1-2H3/t2*8-/m01/s1. The van der Waals surface area contributed by atoms with Crippen LogP contribution in [0.3, 0.4) is 0 Å². The molecule has 176 valence electrons. The Morgan fingerprint density at radius 2 is 1.25 bits per heavy atom. The van der Waals surface area contributed by atoms with Gasteiger partial charge in [0.2, 0.25) is 0 Å². The summed E-state index contributed by atoms with van der Waals surface area (Å²) in [5.41, 5.74) is 9.53. The lowest BCUT2D eigenvalue weighted by Crippen LogP contribution is -2.09. The summed E-state index contributed by atoms with van der Waals surface area (Å²) in [6.45, 7) is 6.69. The third-order valence-corrected chi connectivity index (χ3v) is 4.63. The lowest BCUT2D eigenvalue weighted by molar-refractivity contribution is -0.138. The van der Waals surface area contributed by atoms with Crippen LogP contribution in [0.15, 0.2) is 41.5 Å². The monoisotopic (exact) mass is 461 g/mol. The van der Waals surface area contributed by atoms with Crippen LogP contribution in [0.1, 0.15) is 47.2 Å². The third-order valence-electron chi connectivity index (χ3n) is 4.63. The second-order valence-electron chi connectivity index (χ2n) is 7.59. The van der Waals surface area contributed by atoms with Crippen molar-refractivity contribution >= 4 is 0 Å².